The zero-order valence-corrected chi connectivity index (χ0v) is 12.1. The van der Waals surface area contributed by atoms with Gasteiger partial charge < -0.3 is 4.74 Å². The average molecular weight is 328 g/mol. The highest BCUT2D eigenvalue weighted by atomic mass is 19.2. The van der Waals surface area contributed by atoms with Crippen LogP contribution in [0.3, 0.4) is 0 Å². The molecule has 0 amide bonds. The van der Waals surface area contributed by atoms with Crippen molar-refractivity contribution in [2.75, 3.05) is 0 Å². The standard InChI is InChI=1S/C17H13F5O/c1-8-4-2-3-5-9(8)6-7-10-17(23-10)11-12(18)14(20)16(22)15(21)13(11)19/h2-10,17H,1H3/b7-6+. The summed E-state index contributed by atoms with van der Waals surface area (Å²) < 4.78 is 71.8. The highest BCUT2D eigenvalue weighted by molar-refractivity contribution is 5.31. The largest absolute Gasteiger partial charge is 0.360 e. The first kappa shape index (κ1) is 15.9. The van der Waals surface area contributed by atoms with Gasteiger partial charge in [-0.2, -0.15) is 0 Å². The fourth-order valence-electron chi connectivity index (χ4n) is 2.59. The molecule has 1 saturated heterocycles. The topological polar surface area (TPSA) is 12.5 Å². The van der Waals surface area contributed by atoms with E-state index in [0.29, 0.717) is 0 Å². The molecule has 0 saturated carbocycles. The third-order valence-corrected chi connectivity index (χ3v) is 4.04. The van der Waals surface area contributed by atoms with Crippen LogP contribution >= 0.6 is 0 Å². The fourth-order valence-corrected chi connectivity index (χ4v) is 2.59. The van der Waals surface area contributed by atoms with Crippen molar-refractivity contribution in [2.45, 2.75) is 19.1 Å². The molecule has 0 aromatic heterocycles. The van der Waals surface area contributed by atoms with Crippen molar-refractivity contribution in [3.05, 3.63) is 71.1 Å². The highest BCUT2D eigenvalue weighted by Gasteiger charge is 2.44. The SMILES string of the molecule is CC1C=CC=CC1/C=C/C1OC1c1c(F)c(F)c(F)c(F)c1F. The third-order valence-electron chi connectivity index (χ3n) is 4.04. The Labute approximate surface area is 129 Å². The summed E-state index contributed by atoms with van der Waals surface area (Å²) in [5.74, 6) is -9.39. The maximum atomic E-state index is 13.7. The van der Waals surface area contributed by atoms with Crippen molar-refractivity contribution < 1.29 is 26.7 Å². The van der Waals surface area contributed by atoms with E-state index in [9.17, 15) is 22.0 Å². The van der Waals surface area contributed by atoms with Crippen LogP contribution in [-0.4, -0.2) is 6.10 Å². The minimum atomic E-state index is -2.16. The Hall–Kier alpha value is -1.95. The smallest absolute Gasteiger partial charge is 0.200 e. The van der Waals surface area contributed by atoms with Gasteiger partial charge in [0.15, 0.2) is 23.3 Å². The molecular weight excluding hydrogens is 315 g/mol. The normalized spacial score (nSPS) is 29.5. The summed E-state index contributed by atoms with van der Waals surface area (Å²) in [6.07, 6.45) is 9.30. The van der Waals surface area contributed by atoms with Gasteiger partial charge in [-0.25, -0.2) is 22.0 Å². The van der Waals surface area contributed by atoms with E-state index in [4.69, 9.17) is 4.74 Å². The molecule has 122 valence electrons. The molecule has 0 bridgehead atoms. The monoisotopic (exact) mass is 328 g/mol. The predicted molar refractivity (Wildman–Crippen MR) is 73.9 cm³/mol. The summed E-state index contributed by atoms with van der Waals surface area (Å²) in [4.78, 5) is 0. The van der Waals surface area contributed by atoms with E-state index < -0.39 is 46.9 Å². The van der Waals surface area contributed by atoms with Crippen LogP contribution < -0.4 is 0 Å². The van der Waals surface area contributed by atoms with E-state index in [1.54, 1.807) is 12.2 Å². The van der Waals surface area contributed by atoms with Crippen LogP contribution in [0.5, 0.6) is 0 Å². The molecule has 0 radical (unpaired) electrons. The van der Waals surface area contributed by atoms with Crippen molar-refractivity contribution in [1.29, 1.82) is 0 Å². The van der Waals surface area contributed by atoms with Crippen molar-refractivity contribution in [1.82, 2.24) is 0 Å². The van der Waals surface area contributed by atoms with Crippen LogP contribution in [0.15, 0.2) is 36.5 Å². The summed E-state index contributed by atoms with van der Waals surface area (Å²) in [6.45, 7) is 2.00. The zero-order valence-electron chi connectivity index (χ0n) is 12.1. The van der Waals surface area contributed by atoms with E-state index in [-0.39, 0.29) is 11.8 Å². The Balaban J connectivity index is 1.79. The summed E-state index contributed by atoms with van der Waals surface area (Å²) in [7, 11) is 0. The molecule has 1 aliphatic carbocycles. The van der Waals surface area contributed by atoms with Crippen LogP contribution in [0.25, 0.3) is 0 Å². The number of benzene rings is 1. The van der Waals surface area contributed by atoms with Gasteiger partial charge in [0.2, 0.25) is 5.82 Å². The molecule has 4 unspecified atom stereocenters. The molecule has 23 heavy (non-hydrogen) atoms. The van der Waals surface area contributed by atoms with Gasteiger partial charge in [0.05, 0.1) is 5.56 Å². The Kier molecular flexibility index (Phi) is 4.10. The lowest BCUT2D eigenvalue weighted by molar-refractivity contribution is 0.344. The van der Waals surface area contributed by atoms with Crippen molar-refractivity contribution >= 4 is 0 Å². The van der Waals surface area contributed by atoms with Crippen LogP contribution in [0.4, 0.5) is 22.0 Å². The molecule has 2 aliphatic rings. The number of ether oxygens (including phenoxy) is 1. The second-order valence-electron chi connectivity index (χ2n) is 5.60. The number of hydrogen-bond acceptors (Lipinski definition) is 1. The summed E-state index contributed by atoms with van der Waals surface area (Å²) in [6, 6.07) is 0. The molecule has 1 aliphatic heterocycles. The van der Waals surface area contributed by atoms with Gasteiger partial charge in [-0.3, -0.25) is 0 Å². The summed E-state index contributed by atoms with van der Waals surface area (Å²) >= 11 is 0. The van der Waals surface area contributed by atoms with Gasteiger partial charge in [0.1, 0.15) is 12.2 Å². The van der Waals surface area contributed by atoms with Crippen molar-refractivity contribution in [2.24, 2.45) is 11.8 Å². The van der Waals surface area contributed by atoms with E-state index in [2.05, 4.69) is 0 Å². The number of halogens is 5. The number of allylic oxidation sites excluding steroid dienone is 5. The number of rotatable bonds is 3. The van der Waals surface area contributed by atoms with Crippen LogP contribution in [0.2, 0.25) is 0 Å². The van der Waals surface area contributed by atoms with Crippen LogP contribution in [0, 0.1) is 40.9 Å². The Morgan fingerprint density at radius 1 is 0.826 bits per heavy atom. The zero-order chi connectivity index (χ0) is 16.7. The highest BCUT2D eigenvalue weighted by Crippen LogP contribution is 2.43. The average Bonchev–Trinajstić information content (AvgIpc) is 3.30. The fraction of sp³-hybridized carbons (Fsp3) is 0.294. The van der Waals surface area contributed by atoms with Gasteiger partial charge in [-0.1, -0.05) is 43.4 Å². The third kappa shape index (κ3) is 2.83. The van der Waals surface area contributed by atoms with Crippen LogP contribution in [-0.2, 0) is 4.74 Å². The minimum absolute atomic E-state index is 0.0984. The Morgan fingerprint density at radius 2 is 1.39 bits per heavy atom. The molecule has 1 nitrogen and oxygen atoms in total. The quantitative estimate of drug-likeness (QED) is 0.256. The first-order valence-corrected chi connectivity index (χ1v) is 7.12. The maximum absolute atomic E-state index is 13.7. The van der Waals surface area contributed by atoms with Crippen LogP contribution in [0.1, 0.15) is 18.6 Å². The molecule has 1 fully saturated rings. The first-order chi connectivity index (χ1) is 10.9. The molecule has 1 aromatic carbocycles. The number of hydrogen-bond donors (Lipinski definition) is 0. The predicted octanol–water partition coefficient (Wildman–Crippen LogP) is 4.76. The van der Waals surface area contributed by atoms with Gasteiger partial charge in [0.25, 0.3) is 0 Å². The molecule has 0 spiro atoms. The molecule has 1 heterocycles. The van der Waals surface area contributed by atoms with E-state index in [0.717, 1.165) is 0 Å². The Bertz CT molecular complexity index is 693. The van der Waals surface area contributed by atoms with Crippen molar-refractivity contribution in [3.8, 4) is 0 Å². The number of epoxide rings is 1. The van der Waals surface area contributed by atoms with E-state index in [1.165, 1.54) is 0 Å². The van der Waals surface area contributed by atoms with Gasteiger partial charge in [0, 0.05) is 5.92 Å². The van der Waals surface area contributed by atoms with Crippen molar-refractivity contribution in [3.63, 3.8) is 0 Å². The Morgan fingerprint density at radius 3 is 2.00 bits per heavy atom. The lowest BCUT2D eigenvalue weighted by Gasteiger charge is -2.15. The second-order valence-corrected chi connectivity index (χ2v) is 5.60. The van der Waals surface area contributed by atoms with Gasteiger partial charge >= 0.3 is 0 Å². The molecule has 6 heteroatoms. The molecule has 4 atom stereocenters. The summed E-state index contributed by atoms with van der Waals surface area (Å²) in [5.41, 5.74) is -0.914. The molecule has 0 N–H and O–H groups in total. The minimum Gasteiger partial charge on any atom is -0.360 e. The summed E-state index contributed by atoms with van der Waals surface area (Å²) in [5, 5.41) is 0. The van der Waals surface area contributed by atoms with Gasteiger partial charge in [-0.15, -0.1) is 0 Å². The molecular formula is C17H13F5O. The lowest BCUT2D eigenvalue weighted by Crippen LogP contribution is -2.08. The molecule has 1 aromatic rings. The molecule has 3 rings (SSSR count). The van der Waals surface area contributed by atoms with Gasteiger partial charge in [-0.05, 0) is 5.92 Å². The lowest BCUT2D eigenvalue weighted by atomic mass is 9.89. The van der Waals surface area contributed by atoms with E-state index in [1.807, 2.05) is 31.2 Å². The maximum Gasteiger partial charge on any atom is 0.200 e. The van der Waals surface area contributed by atoms with E-state index >= 15 is 0 Å². The second kappa shape index (κ2) is 5.92. The first-order valence-electron chi connectivity index (χ1n) is 7.12.